The first-order valence-electron chi connectivity index (χ1n) is 14.0. The minimum absolute atomic E-state index is 0.705. The molecule has 2 aromatic heterocycles. The summed E-state index contributed by atoms with van der Waals surface area (Å²) in [6.45, 7) is 7.93. The van der Waals surface area contributed by atoms with Gasteiger partial charge in [0.05, 0.1) is 45.2 Å². The maximum atomic E-state index is 5.97. The maximum absolute atomic E-state index is 5.97. The van der Waals surface area contributed by atoms with Crippen molar-refractivity contribution in [1.29, 1.82) is 0 Å². The Kier molecular flexibility index (Phi) is 7.57. The number of para-hydroxylation sites is 2. The van der Waals surface area contributed by atoms with Gasteiger partial charge in [-0.05, 0) is 37.1 Å². The summed E-state index contributed by atoms with van der Waals surface area (Å²) < 4.78 is 0. The van der Waals surface area contributed by atoms with E-state index in [0.29, 0.717) is 5.46 Å². The van der Waals surface area contributed by atoms with Crippen LogP contribution in [-0.4, -0.2) is 27.8 Å². The molecule has 4 aromatic carbocycles. The second-order valence-corrected chi connectivity index (χ2v) is 10.1. The van der Waals surface area contributed by atoms with Crippen LogP contribution in [0, 0.1) is 6.92 Å². The van der Waals surface area contributed by atoms with Crippen LogP contribution in [0.15, 0.2) is 116 Å². The molecule has 0 aliphatic rings. The SMILES string of the molecule is [B]c1ccc(-c2nc(C)c(/C=C\C=C)nc2-c2ccc(-c3nc4ccccc4nc3-c3ccc(CC)cc3)cc2)cc1. The summed E-state index contributed by atoms with van der Waals surface area (Å²) in [7, 11) is 5.97. The number of aryl methyl sites for hydroxylation is 2. The molecule has 2 heterocycles. The highest BCUT2D eigenvalue weighted by Crippen LogP contribution is 2.35. The van der Waals surface area contributed by atoms with Crippen molar-refractivity contribution in [3.05, 3.63) is 133 Å². The minimum Gasteiger partial charge on any atom is -0.249 e. The Labute approximate surface area is 248 Å². The Morgan fingerprint density at radius 1 is 0.619 bits per heavy atom. The molecular weight excluding hydrogens is 511 g/mol. The van der Waals surface area contributed by atoms with Crippen LogP contribution in [-0.2, 0) is 6.42 Å². The number of hydrogen-bond donors (Lipinski definition) is 0. The van der Waals surface area contributed by atoms with E-state index in [-0.39, 0.29) is 0 Å². The van der Waals surface area contributed by atoms with E-state index in [0.717, 1.165) is 73.9 Å². The molecule has 0 amide bonds. The Morgan fingerprint density at radius 2 is 1.07 bits per heavy atom. The van der Waals surface area contributed by atoms with E-state index < -0.39 is 0 Å². The van der Waals surface area contributed by atoms with Gasteiger partial charge in [-0.1, -0.05) is 116 Å². The number of hydrogen-bond acceptors (Lipinski definition) is 4. The summed E-state index contributed by atoms with van der Waals surface area (Å²) in [5.74, 6) is 0. The molecule has 6 aromatic rings. The molecule has 0 aliphatic carbocycles. The molecule has 6 rings (SSSR count). The maximum Gasteiger partial charge on any atom is 0.113 e. The lowest BCUT2D eigenvalue weighted by atomic mass is 9.93. The standard InChI is InChI=1S/C37H29BN4/c1-4-6-9-31-24(3)39-34(29-20-22-30(38)23-21-29)35(40-31)27-16-18-28(19-17-27)37-36(26-14-12-25(5-2)13-15-26)41-32-10-7-8-11-33(32)42-37/h4,6-23H,1,5H2,2-3H3/b9-6-. The highest BCUT2D eigenvalue weighted by molar-refractivity contribution is 6.32. The lowest BCUT2D eigenvalue weighted by Gasteiger charge is -2.14. The fourth-order valence-corrected chi connectivity index (χ4v) is 4.98. The van der Waals surface area contributed by atoms with Crippen molar-refractivity contribution in [1.82, 2.24) is 19.9 Å². The first-order valence-corrected chi connectivity index (χ1v) is 14.0. The van der Waals surface area contributed by atoms with Crippen LogP contribution in [0.3, 0.4) is 0 Å². The van der Waals surface area contributed by atoms with Gasteiger partial charge in [0.2, 0.25) is 0 Å². The van der Waals surface area contributed by atoms with Crippen molar-refractivity contribution >= 4 is 30.4 Å². The molecule has 0 atom stereocenters. The largest absolute Gasteiger partial charge is 0.249 e. The normalized spacial score (nSPS) is 11.3. The van der Waals surface area contributed by atoms with Gasteiger partial charge in [-0.15, -0.1) is 0 Å². The summed E-state index contributed by atoms with van der Waals surface area (Å²) in [6, 6.07) is 32.7. The predicted molar refractivity (Wildman–Crippen MR) is 176 cm³/mol. The summed E-state index contributed by atoms with van der Waals surface area (Å²) >= 11 is 0. The van der Waals surface area contributed by atoms with Gasteiger partial charge in [0.15, 0.2) is 0 Å². The zero-order valence-corrected chi connectivity index (χ0v) is 23.8. The number of rotatable bonds is 7. The predicted octanol–water partition coefficient (Wildman–Crippen LogP) is 7.95. The monoisotopic (exact) mass is 540 g/mol. The second kappa shape index (κ2) is 11.8. The quantitative estimate of drug-likeness (QED) is 0.152. The third kappa shape index (κ3) is 5.42. The molecule has 0 spiro atoms. The smallest absolute Gasteiger partial charge is 0.113 e. The van der Waals surface area contributed by atoms with Crippen molar-refractivity contribution in [2.24, 2.45) is 0 Å². The molecule has 4 nitrogen and oxygen atoms in total. The zero-order valence-electron chi connectivity index (χ0n) is 23.8. The number of fused-ring (bicyclic) bond motifs is 1. The summed E-state index contributed by atoms with van der Waals surface area (Å²) in [5.41, 5.74) is 12.6. The summed E-state index contributed by atoms with van der Waals surface area (Å²) in [6.07, 6.45) is 6.53. The average molecular weight is 540 g/mol. The van der Waals surface area contributed by atoms with E-state index in [2.05, 4.69) is 62.0 Å². The van der Waals surface area contributed by atoms with Gasteiger partial charge >= 0.3 is 0 Å². The molecule has 5 heteroatoms. The van der Waals surface area contributed by atoms with E-state index in [4.69, 9.17) is 27.8 Å². The van der Waals surface area contributed by atoms with Crippen LogP contribution in [0.25, 0.3) is 62.1 Å². The molecule has 200 valence electrons. The number of aromatic nitrogens is 4. The molecule has 2 radical (unpaired) electrons. The molecular formula is C37H29BN4. The van der Waals surface area contributed by atoms with Gasteiger partial charge in [-0.2, -0.15) is 0 Å². The first-order chi connectivity index (χ1) is 20.5. The van der Waals surface area contributed by atoms with Gasteiger partial charge in [-0.3, -0.25) is 0 Å². The number of nitrogens with zero attached hydrogens (tertiary/aromatic N) is 4. The lowest BCUT2D eigenvalue weighted by molar-refractivity contribution is 1.11. The second-order valence-electron chi connectivity index (χ2n) is 10.1. The van der Waals surface area contributed by atoms with Gasteiger partial charge in [-0.25, -0.2) is 19.9 Å². The Bertz CT molecular complexity index is 1920. The molecule has 0 bridgehead atoms. The molecule has 0 fully saturated rings. The van der Waals surface area contributed by atoms with Crippen LogP contribution in [0.5, 0.6) is 0 Å². The fraction of sp³-hybridized carbons (Fsp3) is 0.0811. The zero-order chi connectivity index (χ0) is 29.1. The van der Waals surface area contributed by atoms with E-state index in [1.807, 2.05) is 67.6 Å². The molecule has 0 saturated carbocycles. The average Bonchev–Trinajstić information content (AvgIpc) is 3.04. The summed E-state index contributed by atoms with van der Waals surface area (Å²) in [5, 5.41) is 0. The Balaban J connectivity index is 1.49. The number of benzene rings is 4. The lowest BCUT2D eigenvalue weighted by Crippen LogP contribution is -2.03. The Morgan fingerprint density at radius 3 is 1.57 bits per heavy atom. The van der Waals surface area contributed by atoms with Crippen LogP contribution < -0.4 is 5.46 Å². The minimum atomic E-state index is 0.705. The fourth-order valence-electron chi connectivity index (χ4n) is 4.98. The van der Waals surface area contributed by atoms with Crippen LogP contribution in [0.1, 0.15) is 23.9 Å². The van der Waals surface area contributed by atoms with E-state index in [9.17, 15) is 0 Å². The number of allylic oxidation sites excluding steroid dienone is 2. The van der Waals surface area contributed by atoms with Crippen molar-refractivity contribution < 1.29 is 0 Å². The third-order valence-corrected chi connectivity index (χ3v) is 7.32. The van der Waals surface area contributed by atoms with E-state index >= 15 is 0 Å². The van der Waals surface area contributed by atoms with Gasteiger partial charge in [0.1, 0.15) is 7.85 Å². The highest BCUT2D eigenvalue weighted by atomic mass is 14.8. The van der Waals surface area contributed by atoms with Crippen molar-refractivity contribution in [3.8, 4) is 45.0 Å². The van der Waals surface area contributed by atoms with Gasteiger partial charge in [0, 0.05) is 22.3 Å². The van der Waals surface area contributed by atoms with E-state index in [1.165, 1.54) is 5.56 Å². The van der Waals surface area contributed by atoms with Gasteiger partial charge in [0.25, 0.3) is 0 Å². The highest BCUT2D eigenvalue weighted by Gasteiger charge is 2.17. The molecule has 42 heavy (non-hydrogen) atoms. The third-order valence-electron chi connectivity index (χ3n) is 7.32. The molecule has 0 unspecified atom stereocenters. The van der Waals surface area contributed by atoms with Crippen molar-refractivity contribution in [2.45, 2.75) is 20.3 Å². The van der Waals surface area contributed by atoms with Crippen LogP contribution in [0.2, 0.25) is 0 Å². The molecule has 0 aliphatic heterocycles. The van der Waals surface area contributed by atoms with Crippen molar-refractivity contribution in [2.75, 3.05) is 0 Å². The van der Waals surface area contributed by atoms with Gasteiger partial charge < -0.3 is 0 Å². The summed E-state index contributed by atoms with van der Waals surface area (Å²) in [4.78, 5) is 20.2. The van der Waals surface area contributed by atoms with Crippen molar-refractivity contribution in [3.63, 3.8) is 0 Å². The molecule has 0 saturated heterocycles. The molecule has 0 N–H and O–H groups in total. The topological polar surface area (TPSA) is 51.6 Å². The first kappa shape index (κ1) is 27.0. The Hall–Kier alpha value is -5.16. The van der Waals surface area contributed by atoms with E-state index in [1.54, 1.807) is 6.08 Å². The van der Waals surface area contributed by atoms with Crippen LogP contribution >= 0.6 is 0 Å². The van der Waals surface area contributed by atoms with Crippen LogP contribution in [0.4, 0.5) is 0 Å².